The molecule has 29 heavy (non-hydrogen) atoms. The molecule has 0 fully saturated rings. The monoisotopic (exact) mass is 413 g/mol. The summed E-state index contributed by atoms with van der Waals surface area (Å²) in [6, 6.07) is 7.10. The minimum atomic E-state index is -3.34. The molecule has 152 valence electrons. The first-order valence-corrected chi connectivity index (χ1v) is 11.0. The molecule has 8 nitrogen and oxygen atoms in total. The highest BCUT2D eigenvalue weighted by Crippen LogP contribution is 2.34. The summed E-state index contributed by atoms with van der Waals surface area (Å²) in [6.07, 6.45) is 1.47. The lowest BCUT2D eigenvalue weighted by molar-refractivity contribution is 0.591. The van der Waals surface area contributed by atoms with Crippen molar-refractivity contribution in [3.8, 4) is 11.3 Å². The molecule has 1 aliphatic heterocycles. The van der Waals surface area contributed by atoms with Crippen molar-refractivity contribution in [1.82, 2.24) is 14.5 Å². The van der Waals surface area contributed by atoms with Gasteiger partial charge >= 0.3 is 0 Å². The summed E-state index contributed by atoms with van der Waals surface area (Å²) in [5, 5.41) is 3.64. The Morgan fingerprint density at radius 3 is 2.66 bits per heavy atom. The lowest BCUT2D eigenvalue weighted by Gasteiger charge is -2.27. The zero-order chi connectivity index (χ0) is 20.9. The van der Waals surface area contributed by atoms with E-state index in [1.54, 1.807) is 25.2 Å². The Bertz CT molecular complexity index is 1280. The van der Waals surface area contributed by atoms with E-state index >= 15 is 0 Å². The van der Waals surface area contributed by atoms with Gasteiger partial charge in [0, 0.05) is 32.2 Å². The van der Waals surface area contributed by atoms with Crippen molar-refractivity contribution in [2.75, 3.05) is 29.6 Å². The van der Waals surface area contributed by atoms with Crippen LogP contribution in [0.2, 0.25) is 0 Å². The maximum atomic E-state index is 12.6. The molecule has 0 bridgehead atoms. The van der Waals surface area contributed by atoms with Gasteiger partial charge in [0.2, 0.25) is 0 Å². The fourth-order valence-electron chi connectivity index (χ4n) is 3.47. The van der Waals surface area contributed by atoms with Crippen molar-refractivity contribution in [3.05, 3.63) is 40.9 Å². The molecule has 1 N–H and O–H groups in total. The molecule has 0 aliphatic carbocycles. The van der Waals surface area contributed by atoms with E-state index in [4.69, 9.17) is 0 Å². The molecule has 0 spiro atoms. The first-order valence-electron chi connectivity index (χ1n) is 9.38. The topological polar surface area (TPSA) is 97.2 Å². The van der Waals surface area contributed by atoms with Crippen LogP contribution in [0.5, 0.6) is 0 Å². The zero-order valence-corrected chi connectivity index (χ0v) is 17.6. The van der Waals surface area contributed by atoms with E-state index in [0.29, 0.717) is 45.1 Å². The number of nitrogens with zero attached hydrogens (tertiary/aromatic N) is 4. The summed E-state index contributed by atoms with van der Waals surface area (Å²) in [5.41, 5.74) is 2.24. The molecule has 3 aromatic rings. The maximum absolute atomic E-state index is 12.6. The van der Waals surface area contributed by atoms with Gasteiger partial charge in [0.15, 0.2) is 9.84 Å². The molecule has 3 heterocycles. The third kappa shape index (κ3) is 3.35. The van der Waals surface area contributed by atoms with Crippen molar-refractivity contribution in [3.63, 3.8) is 0 Å². The van der Waals surface area contributed by atoms with Crippen LogP contribution < -0.4 is 15.8 Å². The molecule has 0 saturated heterocycles. The van der Waals surface area contributed by atoms with E-state index in [0.717, 1.165) is 0 Å². The number of pyridine rings is 1. The number of fused-ring (bicyclic) bond motifs is 2. The number of nitrogens with one attached hydrogen (secondary N) is 1. The predicted molar refractivity (Wildman–Crippen MR) is 114 cm³/mol. The van der Waals surface area contributed by atoms with Gasteiger partial charge in [-0.15, -0.1) is 0 Å². The Morgan fingerprint density at radius 1 is 1.17 bits per heavy atom. The van der Waals surface area contributed by atoms with Crippen molar-refractivity contribution in [2.45, 2.75) is 24.8 Å². The van der Waals surface area contributed by atoms with Gasteiger partial charge in [-0.25, -0.2) is 18.4 Å². The third-order valence-corrected chi connectivity index (χ3v) is 6.74. The number of aromatic nitrogens is 3. The third-order valence-electron chi connectivity index (χ3n) is 5.03. The highest BCUT2D eigenvalue weighted by Gasteiger charge is 2.27. The second kappa shape index (κ2) is 6.84. The molecular formula is C20H23N5O3S. The summed E-state index contributed by atoms with van der Waals surface area (Å²) in [5.74, 6) is 0.530. The predicted octanol–water partition coefficient (Wildman–Crippen LogP) is 2.04. The molecule has 1 aliphatic rings. The van der Waals surface area contributed by atoms with E-state index in [9.17, 15) is 13.2 Å². The fraction of sp³-hybridized carbons (Fsp3) is 0.350. The Morgan fingerprint density at radius 2 is 1.93 bits per heavy atom. The van der Waals surface area contributed by atoms with Crippen LogP contribution in [0.4, 0.5) is 11.5 Å². The normalized spacial score (nSPS) is 15.6. The van der Waals surface area contributed by atoms with Gasteiger partial charge in [-0.3, -0.25) is 4.79 Å². The summed E-state index contributed by atoms with van der Waals surface area (Å²) in [6.45, 7) is 4.39. The second-order valence-electron chi connectivity index (χ2n) is 7.63. The number of anilines is 2. The minimum absolute atomic E-state index is 0.0587. The van der Waals surface area contributed by atoms with Gasteiger partial charge in [-0.1, -0.05) is 6.07 Å². The summed E-state index contributed by atoms with van der Waals surface area (Å²) < 4.78 is 26.6. The first-order chi connectivity index (χ1) is 13.7. The highest BCUT2D eigenvalue weighted by atomic mass is 32.2. The smallest absolute Gasteiger partial charge is 0.264 e. The van der Waals surface area contributed by atoms with E-state index < -0.39 is 9.84 Å². The lowest BCUT2D eigenvalue weighted by Crippen LogP contribution is -2.32. The van der Waals surface area contributed by atoms with Gasteiger partial charge in [0.05, 0.1) is 33.9 Å². The van der Waals surface area contributed by atoms with Crippen molar-refractivity contribution in [1.29, 1.82) is 0 Å². The number of rotatable bonds is 3. The van der Waals surface area contributed by atoms with E-state index in [-0.39, 0.29) is 17.4 Å². The number of sulfone groups is 1. The largest absolute Gasteiger partial charge is 0.373 e. The number of benzene rings is 1. The molecule has 2 aromatic heterocycles. The van der Waals surface area contributed by atoms with Crippen LogP contribution in [0, 0.1) is 0 Å². The highest BCUT2D eigenvalue weighted by molar-refractivity contribution is 7.91. The van der Waals surface area contributed by atoms with Gasteiger partial charge < -0.3 is 14.8 Å². The van der Waals surface area contributed by atoms with Crippen molar-refractivity contribution < 1.29 is 8.42 Å². The molecule has 4 rings (SSSR count). The molecule has 1 aromatic carbocycles. The molecule has 0 radical (unpaired) electrons. The lowest BCUT2D eigenvalue weighted by atomic mass is 10.1. The maximum Gasteiger partial charge on any atom is 0.264 e. The SMILES string of the molecule is CC(C)Nc1nc(-c2ccc3c(c2)S(=O)(=O)CCN3C)cc2ncn(C)c(=O)c12. The van der Waals surface area contributed by atoms with Crippen LogP contribution in [0.1, 0.15) is 13.8 Å². The fourth-order valence-corrected chi connectivity index (χ4v) is 5.06. The van der Waals surface area contributed by atoms with Gasteiger partial charge in [0.1, 0.15) is 11.2 Å². The summed E-state index contributed by atoms with van der Waals surface area (Å²) in [4.78, 5) is 23.9. The minimum Gasteiger partial charge on any atom is -0.373 e. The molecule has 0 saturated carbocycles. The van der Waals surface area contributed by atoms with Crippen LogP contribution in [0.3, 0.4) is 0 Å². The summed E-state index contributed by atoms with van der Waals surface area (Å²) in [7, 11) is 0.183. The second-order valence-corrected chi connectivity index (χ2v) is 9.71. The molecule has 0 amide bonds. The molecular weight excluding hydrogens is 390 g/mol. The zero-order valence-electron chi connectivity index (χ0n) is 16.8. The first kappa shape index (κ1) is 19.4. The van der Waals surface area contributed by atoms with E-state index in [1.165, 1.54) is 10.9 Å². The average Bonchev–Trinajstić information content (AvgIpc) is 2.67. The quantitative estimate of drug-likeness (QED) is 0.702. The van der Waals surface area contributed by atoms with E-state index in [2.05, 4.69) is 15.3 Å². The molecule has 0 atom stereocenters. The Balaban J connectivity index is 1.96. The van der Waals surface area contributed by atoms with Crippen LogP contribution in [-0.4, -0.2) is 48.3 Å². The van der Waals surface area contributed by atoms with Gasteiger partial charge in [-0.2, -0.15) is 0 Å². The van der Waals surface area contributed by atoms with Crippen LogP contribution in [0.15, 0.2) is 40.3 Å². The number of hydrogen-bond acceptors (Lipinski definition) is 7. The van der Waals surface area contributed by atoms with Crippen LogP contribution in [0.25, 0.3) is 22.2 Å². The standard InChI is InChI=1S/C20H23N5O3S/c1-12(2)22-19-18-15(21-11-25(4)20(18)26)10-14(23-19)13-5-6-16-17(9-13)29(27,28)8-7-24(16)3/h5-6,9-12H,7-8H2,1-4H3,(H,22,23). The average molecular weight is 414 g/mol. The number of hydrogen-bond donors (Lipinski definition) is 1. The Labute approximate surface area is 169 Å². The Hall–Kier alpha value is -2.94. The van der Waals surface area contributed by atoms with Gasteiger partial charge in [0.25, 0.3) is 5.56 Å². The van der Waals surface area contributed by atoms with Crippen LogP contribution in [-0.2, 0) is 16.9 Å². The Kier molecular flexibility index (Phi) is 4.57. The van der Waals surface area contributed by atoms with E-state index in [1.807, 2.05) is 31.9 Å². The van der Waals surface area contributed by atoms with Crippen molar-refractivity contribution >= 4 is 32.2 Å². The van der Waals surface area contributed by atoms with Gasteiger partial charge in [-0.05, 0) is 32.0 Å². The van der Waals surface area contributed by atoms with Crippen molar-refractivity contribution in [2.24, 2.45) is 7.05 Å². The van der Waals surface area contributed by atoms with Crippen LogP contribution >= 0.6 is 0 Å². The number of aryl methyl sites for hydroxylation is 1. The molecule has 0 unspecified atom stereocenters. The summed E-state index contributed by atoms with van der Waals surface area (Å²) >= 11 is 0. The molecule has 9 heteroatoms.